The average molecular weight is 464 g/mol. The second kappa shape index (κ2) is 8.99. The molecule has 1 fully saturated rings. The lowest BCUT2D eigenvalue weighted by molar-refractivity contribution is -0.126. The Bertz CT molecular complexity index is 1070. The Hall–Kier alpha value is -2.03. The fourth-order valence-electron chi connectivity index (χ4n) is 3.72. The first-order valence-electron chi connectivity index (χ1n) is 9.79. The Morgan fingerprint density at radius 1 is 1.20 bits per heavy atom. The molecule has 0 radical (unpaired) electrons. The maximum atomic E-state index is 12.7. The molecule has 1 unspecified atom stereocenters. The van der Waals surface area contributed by atoms with Crippen molar-refractivity contribution in [2.24, 2.45) is 10.3 Å². The number of carbonyl (C=O) groups excluding carboxylic acids is 1. The summed E-state index contributed by atoms with van der Waals surface area (Å²) in [4.78, 5) is 15.9. The molecule has 9 heteroatoms. The Morgan fingerprint density at radius 3 is 2.77 bits per heavy atom. The molecular formula is C21H22ClN3O3S2. The van der Waals surface area contributed by atoms with Crippen molar-refractivity contribution in [3.63, 3.8) is 0 Å². The number of halogens is 1. The van der Waals surface area contributed by atoms with E-state index in [1.165, 1.54) is 0 Å². The van der Waals surface area contributed by atoms with Crippen LogP contribution in [0.1, 0.15) is 18.4 Å². The van der Waals surface area contributed by atoms with Crippen molar-refractivity contribution >= 4 is 45.1 Å². The molecule has 0 aromatic heterocycles. The number of thioether (sulfide) groups is 1. The molecule has 2 aromatic carbocycles. The van der Waals surface area contributed by atoms with E-state index >= 15 is 0 Å². The van der Waals surface area contributed by atoms with Crippen LogP contribution in [0.2, 0.25) is 5.02 Å². The molecule has 158 valence electrons. The van der Waals surface area contributed by atoms with Gasteiger partial charge in [-0.25, -0.2) is 0 Å². The number of piperidine rings is 1. The van der Waals surface area contributed by atoms with Gasteiger partial charge in [0.1, 0.15) is 4.90 Å². The molecule has 1 atom stereocenters. The predicted octanol–water partition coefficient (Wildman–Crippen LogP) is 3.41. The molecular weight excluding hydrogens is 442 g/mol. The van der Waals surface area contributed by atoms with Crippen LogP contribution in [-0.4, -0.2) is 50.4 Å². The number of amidine groups is 1. The molecule has 6 nitrogen and oxygen atoms in total. The third kappa shape index (κ3) is 4.66. The lowest BCUT2D eigenvalue weighted by atomic mass is 9.96. The minimum absolute atomic E-state index is 0.00569. The Morgan fingerprint density at radius 2 is 1.97 bits per heavy atom. The molecule has 2 aromatic rings. The number of rotatable bonds is 5. The number of hydrogen-bond acceptors (Lipinski definition) is 5. The molecule has 1 amide bonds. The summed E-state index contributed by atoms with van der Waals surface area (Å²) in [5, 5.41) is 3.72. The number of hydrogen-bond donors (Lipinski definition) is 1. The summed E-state index contributed by atoms with van der Waals surface area (Å²) in [6, 6.07) is 14.5. The van der Waals surface area contributed by atoms with Gasteiger partial charge < -0.3 is 10.2 Å². The van der Waals surface area contributed by atoms with E-state index in [9.17, 15) is 13.2 Å². The van der Waals surface area contributed by atoms with Crippen LogP contribution in [0.4, 0.5) is 0 Å². The summed E-state index contributed by atoms with van der Waals surface area (Å²) in [5.41, 5.74) is 0.623. The Kier molecular flexibility index (Phi) is 6.36. The van der Waals surface area contributed by atoms with Crippen molar-refractivity contribution in [1.82, 2.24) is 10.2 Å². The van der Waals surface area contributed by atoms with Crippen LogP contribution in [0.15, 0.2) is 62.7 Å². The standard InChI is InChI=1S/C21H22ClN3O3S2/c22-16-7-9-17(10-8-16)29-13-11-23-21(26)15-4-3-12-25(14-15)20-18-5-1-2-6-19(18)30(27,28)24-20/h1-2,5-10,15H,3-4,11-14H2,(H,23,26). The van der Waals surface area contributed by atoms with Gasteiger partial charge in [0.05, 0.1) is 5.92 Å². The highest BCUT2D eigenvalue weighted by atomic mass is 35.5. The number of benzene rings is 2. The summed E-state index contributed by atoms with van der Waals surface area (Å²) in [6.07, 6.45) is 1.60. The third-order valence-corrected chi connectivity index (χ3v) is 7.78. The van der Waals surface area contributed by atoms with Gasteiger partial charge in [-0.1, -0.05) is 23.7 Å². The highest BCUT2D eigenvalue weighted by molar-refractivity contribution is 7.99. The largest absolute Gasteiger partial charge is 0.355 e. The first-order chi connectivity index (χ1) is 14.4. The highest BCUT2D eigenvalue weighted by Gasteiger charge is 2.35. The number of amides is 1. The summed E-state index contributed by atoms with van der Waals surface area (Å²) in [7, 11) is -3.65. The molecule has 0 saturated carbocycles. The van der Waals surface area contributed by atoms with Crippen molar-refractivity contribution in [3.05, 3.63) is 59.1 Å². The number of nitrogens with zero attached hydrogens (tertiary/aromatic N) is 2. The zero-order valence-corrected chi connectivity index (χ0v) is 18.6. The van der Waals surface area contributed by atoms with Gasteiger partial charge in [-0.2, -0.15) is 8.42 Å². The van der Waals surface area contributed by atoms with Gasteiger partial charge in [0.2, 0.25) is 5.91 Å². The van der Waals surface area contributed by atoms with Gasteiger partial charge in [0, 0.05) is 40.9 Å². The van der Waals surface area contributed by atoms with Gasteiger partial charge >= 0.3 is 0 Å². The van der Waals surface area contributed by atoms with Crippen LogP contribution in [-0.2, 0) is 14.8 Å². The SMILES string of the molecule is O=C(NCCSc1ccc(Cl)cc1)C1CCCN(C2=NS(=O)(=O)c3ccccc32)C1. The number of likely N-dealkylation sites (tertiary alicyclic amines) is 1. The lowest BCUT2D eigenvalue weighted by Gasteiger charge is -2.33. The van der Waals surface area contributed by atoms with E-state index in [1.54, 1.807) is 30.0 Å². The predicted molar refractivity (Wildman–Crippen MR) is 120 cm³/mol. The van der Waals surface area contributed by atoms with E-state index in [-0.39, 0.29) is 16.7 Å². The van der Waals surface area contributed by atoms with Crippen molar-refractivity contribution in [1.29, 1.82) is 0 Å². The van der Waals surface area contributed by atoms with Crippen molar-refractivity contribution in [3.8, 4) is 0 Å². The van der Waals surface area contributed by atoms with Crippen LogP contribution in [0.25, 0.3) is 0 Å². The molecule has 2 aliphatic rings. The van der Waals surface area contributed by atoms with Gasteiger partial charge in [-0.05, 0) is 49.2 Å². The molecule has 30 heavy (non-hydrogen) atoms. The van der Waals surface area contributed by atoms with E-state index in [2.05, 4.69) is 9.71 Å². The van der Waals surface area contributed by atoms with Crippen LogP contribution in [0.5, 0.6) is 0 Å². The molecule has 2 heterocycles. The van der Waals surface area contributed by atoms with Gasteiger partial charge in [-0.3, -0.25) is 4.79 Å². The quantitative estimate of drug-likeness (QED) is 0.543. The number of fused-ring (bicyclic) bond motifs is 1. The normalized spacial score (nSPS) is 19.8. The summed E-state index contributed by atoms with van der Waals surface area (Å²) < 4.78 is 28.6. The smallest absolute Gasteiger partial charge is 0.285 e. The molecule has 0 bridgehead atoms. The van der Waals surface area contributed by atoms with E-state index in [0.29, 0.717) is 36.1 Å². The van der Waals surface area contributed by atoms with Crippen molar-refractivity contribution < 1.29 is 13.2 Å². The van der Waals surface area contributed by atoms with Crippen molar-refractivity contribution in [2.45, 2.75) is 22.6 Å². The second-order valence-corrected chi connectivity index (χ2v) is 10.4. The highest BCUT2D eigenvalue weighted by Crippen LogP contribution is 2.29. The molecule has 0 aliphatic carbocycles. The minimum Gasteiger partial charge on any atom is -0.355 e. The summed E-state index contributed by atoms with van der Waals surface area (Å²) >= 11 is 7.55. The molecule has 1 N–H and O–H groups in total. The lowest BCUT2D eigenvalue weighted by Crippen LogP contribution is -2.45. The van der Waals surface area contributed by atoms with E-state index in [0.717, 1.165) is 23.5 Å². The first-order valence-corrected chi connectivity index (χ1v) is 12.6. The molecule has 0 spiro atoms. The first kappa shape index (κ1) is 21.2. The number of nitrogens with one attached hydrogen (secondary N) is 1. The van der Waals surface area contributed by atoms with Crippen LogP contribution >= 0.6 is 23.4 Å². The second-order valence-electron chi connectivity index (χ2n) is 7.26. The van der Waals surface area contributed by atoms with Crippen LogP contribution in [0.3, 0.4) is 0 Å². The maximum absolute atomic E-state index is 12.7. The van der Waals surface area contributed by atoms with E-state index < -0.39 is 10.0 Å². The fourth-order valence-corrected chi connectivity index (χ4v) is 5.84. The third-order valence-electron chi connectivity index (χ3n) is 5.19. The Balaban J connectivity index is 1.33. The minimum atomic E-state index is -3.65. The molecule has 4 rings (SSSR count). The monoisotopic (exact) mass is 463 g/mol. The number of carbonyl (C=O) groups is 1. The Labute approximate surface area is 185 Å². The summed E-state index contributed by atoms with van der Waals surface area (Å²) in [5.74, 6) is 1.05. The zero-order chi connectivity index (χ0) is 21.1. The summed E-state index contributed by atoms with van der Waals surface area (Å²) in [6.45, 7) is 1.73. The average Bonchev–Trinajstić information content (AvgIpc) is 3.04. The van der Waals surface area contributed by atoms with E-state index in [4.69, 9.17) is 11.6 Å². The maximum Gasteiger partial charge on any atom is 0.285 e. The van der Waals surface area contributed by atoms with Crippen LogP contribution < -0.4 is 5.32 Å². The molecule has 1 saturated heterocycles. The van der Waals surface area contributed by atoms with E-state index in [1.807, 2.05) is 35.2 Å². The molecule has 2 aliphatic heterocycles. The topological polar surface area (TPSA) is 78.8 Å². The number of sulfonamides is 1. The fraction of sp³-hybridized carbons (Fsp3) is 0.333. The zero-order valence-electron chi connectivity index (χ0n) is 16.3. The van der Waals surface area contributed by atoms with Crippen LogP contribution in [0, 0.1) is 5.92 Å². The van der Waals surface area contributed by atoms with Crippen molar-refractivity contribution in [2.75, 3.05) is 25.4 Å². The van der Waals surface area contributed by atoms with Gasteiger partial charge in [-0.15, -0.1) is 16.2 Å². The van der Waals surface area contributed by atoms with Gasteiger partial charge in [0.15, 0.2) is 5.84 Å². The van der Waals surface area contributed by atoms with Gasteiger partial charge in [0.25, 0.3) is 10.0 Å².